The predicted octanol–water partition coefficient (Wildman–Crippen LogP) is 3.33. The van der Waals surface area contributed by atoms with Crippen LogP contribution in [0.1, 0.15) is 33.6 Å². The SMILES string of the molecule is CCCNc1ncc(Cl)c(N(CCC#N)CC(C)C)n1. The first-order valence-corrected chi connectivity index (χ1v) is 7.34. The van der Waals surface area contributed by atoms with Crippen molar-refractivity contribution >= 4 is 23.4 Å². The molecule has 0 radical (unpaired) electrons. The zero-order valence-corrected chi connectivity index (χ0v) is 13.1. The summed E-state index contributed by atoms with van der Waals surface area (Å²) in [7, 11) is 0. The number of aromatic nitrogens is 2. The highest BCUT2D eigenvalue weighted by Crippen LogP contribution is 2.24. The summed E-state index contributed by atoms with van der Waals surface area (Å²) >= 11 is 6.21. The zero-order chi connectivity index (χ0) is 15.0. The lowest BCUT2D eigenvalue weighted by molar-refractivity contribution is 0.607. The lowest BCUT2D eigenvalue weighted by Gasteiger charge is -2.25. The minimum Gasteiger partial charge on any atom is -0.354 e. The lowest BCUT2D eigenvalue weighted by atomic mass is 10.2. The van der Waals surface area contributed by atoms with Gasteiger partial charge in [0.2, 0.25) is 5.95 Å². The molecule has 0 atom stereocenters. The van der Waals surface area contributed by atoms with Gasteiger partial charge in [-0.25, -0.2) is 4.98 Å². The van der Waals surface area contributed by atoms with Crippen LogP contribution in [0, 0.1) is 17.2 Å². The summed E-state index contributed by atoms with van der Waals surface area (Å²) < 4.78 is 0. The van der Waals surface area contributed by atoms with E-state index >= 15 is 0 Å². The molecule has 1 rings (SSSR count). The van der Waals surface area contributed by atoms with Crippen molar-refractivity contribution in [1.82, 2.24) is 9.97 Å². The normalized spacial score (nSPS) is 10.4. The molecule has 110 valence electrons. The van der Waals surface area contributed by atoms with Crippen molar-refractivity contribution in [3.05, 3.63) is 11.2 Å². The van der Waals surface area contributed by atoms with E-state index in [0.717, 1.165) is 19.5 Å². The summed E-state index contributed by atoms with van der Waals surface area (Å²) in [6.07, 6.45) is 3.07. The predicted molar refractivity (Wildman–Crippen MR) is 83.1 cm³/mol. The van der Waals surface area contributed by atoms with Crippen LogP contribution in [0.5, 0.6) is 0 Å². The average molecular weight is 296 g/mol. The Balaban J connectivity index is 2.94. The van der Waals surface area contributed by atoms with Crippen molar-refractivity contribution < 1.29 is 0 Å². The fourth-order valence-electron chi connectivity index (χ4n) is 1.81. The molecular formula is C14H22ClN5. The molecule has 6 heteroatoms. The van der Waals surface area contributed by atoms with Crippen LogP contribution in [0.4, 0.5) is 11.8 Å². The van der Waals surface area contributed by atoms with Crippen LogP contribution < -0.4 is 10.2 Å². The number of nitrogens with one attached hydrogen (secondary N) is 1. The van der Waals surface area contributed by atoms with E-state index in [9.17, 15) is 0 Å². The van der Waals surface area contributed by atoms with Crippen LogP contribution in [0.25, 0.3) is 0 Å². The van der Waals surface area contributed by atoms with Gasteiger partial charge in [0, 0.05) is 19.6 Å². The van der Waals surface area contributed by atoms with Crippen molar-refractivity contribution in [2.45, 2.75) is 33.6 Å². The Kier molecular flexibility index (Phi) is 7.10. The highest BCUT2D eigenvalue weighted by molar-refractivity contribution is 6.32. The second-order valence-corrected chi connectivity index (χ2v) is 5.45. The van der Waals surface area contributed by atoms with E-state index in [1.165, 1.54) is 0 Å². The summed E-state index contributed by atoms with van der Waals surface area (Å²) in [5.41, 5.74) is 0. The third-order valence-electron chi connectivity index (χ3n) is 2.64. The van der Waals surface area contributed by atoms with Gasteiger partial charge in [0.25, 0.3) is 0 Å². The highest BCUT2D eigenvalue weighted by atomic mass is 35.5. The molecule has 5 nitrogen and oxygen atoms in total. The standard InChI is InChI=1S/C14H22ClN5/c1-4-7-17-14-18-9-12(15)13(19-14)20(8-5-6-16)10-11(2)3/h9,11H,4-5,7-8,10H2,1-3H3,(H,17,18,19). The van der Waals surface area contributed by atoms with Gasteiger partial charge in [0.1, 0.15) is 5.02 Å². The fraction of sp³-hybridized carbons (Fsp3) is 0.643. The van der Waals surface area contributed by atoms with E-state index in [4.69, 9.17) is 16.9 Å². The van der Waals surface area contributed by atoms with Crippen LogP contribution in [0.15, 0.2) is 6.20 Å². The quantitative estimate of drug-likeness (QED) is 0.797. The number of nitrogens with zero attached hydrogens (tertiary/aromatic N) is 4. The van der Waals surface area contributed by atoms with Gasteiger partial charge in [-0.15, -0.1) is 0 Å². The molecule has 1 aromatic heterocycles. The molecule has 0 fully saturated rings. The molecule has 0 saturated carbocycles. The topological polar surface area (TPSA) is 64.8 Å². The zero-order valence-electron chi connectivity index (χ0n) is 12.4. The van der Waals surface area contributed by atoms with Gasteiger partial charge >= 0.3 is 0 Å². The molecule has 20 heavy (non-hydrogen) atoms. The van der Waals surface area contributed by atoms with Crippen molar-refractivity contribution in [2.75, 3.05) is 29.9 Å². The third-order valence-corrected chi connectivity index (χ3v) is 2.90. The number of rotatable bonds is 8. The molecule has 0 amide bonds. The maximum atomic E-state index is 8.78. The lowest BCUT2D eigenvalue weighted by Crippen LogP contribution is -2.30. The highest BCUT2D eigenvalue weighted by Gasteiger charge is 2.15. The maximum absolute atomic E-state index is 8.78. The monoisotopic (exact) mass is 295 g/mol. The van der Waals surface area contributed by atoms with Crippen molar-refractivity contribution in [3.8, 4) is 6.07 Å². The average Bonchev–Trinajstić information content (AvgIpc) is 2.42. The minimum atomic E-state index is 0.449. The molecule has 0 aromatic carbocycles. The summed E-state index contributed by atoms with van der Waals surface area (Å²) in [5.74, 6) is 1.74. The van der Waals surface area contributed by atoms with Gasteiger partial charge in [-0.1, -0.05) is 32.4 Å². The number of nitriles is 1. The Morgan fingerprint density at radius 3 is 2.85 bits per heavy atom. The molecule has 0 bridgehead atoms. The van der Waals surface area contributed by atoms with Crippen LogP contribution in [-0.4, -0.2) is 29.6 Å². The van der Waals surface area contributed by atoms with E-state index in [1.807, 2.05) is 0 Å². The third kappa shape index (κ3) is 5.22. The Morgan fingerprint density at radius 2 is 2.25 bits per heavy atom. The minimum absolute atomic E-state index is 0.449. The number of hydrogen-bond donors (Lipinski definition) is 1. The van der Waals surface area contributed by atoms with E-state index in [1.54, 1.807) is 6.20 Å². The van der Waals surface area contributed by atoms with Gasteiger partial charge < -0.3 is 10.2 Å². The molecule has 0 aliphatic carbocycles. The van der Waals surface area contributed by atoms with Crippen LogP contribution in [-0.2, 0) is 0 Å². The first kappa shape index (κ1) is 16.5. The van der Waals surface area contributed by atoms with Gasteiger partial charge in [0.05, 0.1) is 18.7 Å². The molecule has 0 saturated heterocycles. The van der Waals surface area contributed by atoms with Gasteiger partial charge in [-0.2, -0.15) is 10.2 Å². The van der Waals surface area contributed by atoms with Crippen LogP contribution in [0.2, 0.25) is 5.02 Å². The maximum Gasteiger partial charge on any atom is 0.224 e. The second-order valence-electron chi connectivity index (χ2n) is 5.04. The summed E-state index contributed by atoms with van der Waals surface area (Å²) in [5, 5.41) is 12.5. The van der Waals surface area contributed by atoms with Crippen molar-refractivity contribution in [1.29, 1.82) is 5.26 Å². The second kappa shape index (κ2) is 8.60. The van der Waals surface area contributed by atoms with Gasteiger partial charge in [-0.05, 0) is 12.3 Å². The smallest absolute Gasteiger partial charge is 0.224 e. The fourth-order valence-corrected chi connectivity index (χ4v) is 2.02. The Hall–Kier alpha value is -1.54. The summed E-state index contributed by atoms with van der Waals surface area (Å²) in [6, 6.07) is 2.17. The van der Waals surface area contributed by atoms with E-state index in [2.05, 4.69) is 47.0 Å². The van der Waals surface area contributed by atoms with Gasteiger partial charge in [-0.3, -0.25) is 0 Å². The number of anilines is 2. The Labute approximate surface area is 126 Å². The summed E-state index contributed by atoms with van der Waals surface area (Å²) in [6.45, 7) is 8.60. The molecule has 0 aliphatic rings. The van der Waals surface area contributed by atoms with E-state index in [0.29, 0.717) is 35.7 Å². The molecule has 0 spiro atoms. The molecule has 1 aromatic rings. The molecule has 0 unspecified atom stereocenters. The molecular weight excluding hydrogens is 274 g/mol. The molecule has 0 aliphatic heterocycles. The Morgan fingerprint density at radius 1 is 1.50 bits per heavy atom. The first-order chi connectivity index (χ1) is 9.58. The molecule has 1 heterocycles. The van der Waals surface area contributed by atoms with Crippen molar-refractivity contribution in [3.63, 3.8) is 0 Å². The van der Waals surface area contributed by atoms with Crippen LogP contribution in [0.3, 0.4) is 0 Å². The van der Waals surface area contributed by atoms with E-state index in [-0.39, 0.29) is 0 Å². The number of hydrogen-bond acceptors (Lipinski definition) is 5. The summed E-state index contributed by atoms with van der Waals surface area (Å²) in [4.78, 5) is 10.7. The van der Waals surface area contributed by atoms with E-state index < -0.39 is 0 Å². The molecule has 1 N–H and O–H groups in total. The number of halogens is 1. The van der Waals surface area contributed by atoms with Crippen LogP contribution >= 0.6 is 11.6 Å². The Bertz CT molecular complexity index is 455. The first-order valence-electron chi connectivity index (χ1n) is 6.96. The largest absolute Gasteiger partial charge is 0.354 e. The van der Waals surface area contributed by atoms with Gasteiger partial charge in [0.15, 0.2) is 5.82 Å². The van der Waals surface area contributed by atoms with Crippen molar-refractivity contribution in [2.24, 2.45) is 5.92 Å².